The van der Waals surface area contributed by atoms with Crippen LogP contribution >= 0.6 is 0 Å². The standard InChI is InChI=1S/C10H16O6/c11-7-2-1-5-9(14)16-10(15)6-3-4-8(12)13/h11H,1-7H2,(H,12,13). The van der Waals surface area contributed by atoms with Gasteiger partial charge >= 0.3 is 17.9 Å². The zero-order valence-electron chi connectivity index (χ0n) is 8.98. The van der Waals surface area contributed by atoms with E-state index in [0.717, 1.165) is 0 Å². The van der Waals surface area contributed by atoms with Gasteiger partial charge in [0.2, 0.25) is 0 Å². The van der Waals surface area contributed by atoms with Crippen molar-refractivity contribution in [2.75, 3.05) is 6.61 Å². The number of carbonyl (C=O) groups is 3. The molecule has 2 N–H and O–H groups in total. The van der Waals surface area contributed by atoms with Crippen LogP contribution in [-0.2, 0) is 19.1 Å². The third-order valence-electron chi connectivity index (χ3n) is 1.79. The van der Waals surface area contributed by atoms with Crippen LogP contribution in [-0.4, -0.2) is 34.7 Å². The Labute approximate surface area is 93.2 Å². The van der Waals surface area contributed by atoms with E-state index in [-0.39, 0.29) is 32.3 Å². The van der Waals surface area contributed by atoms with Crippen LogP contribution in [0.5, 0.6) is 0 Å². The van der Waals surface area contributed by atoms with Gasteiger partial charge in [0, 0.05) is 25.9 Å². The van der Waals surface area contributed by atoms with E-state index in [1.165, 1.54) is 0 Å². The average molecular weight is 232 g/mol. The number of rotatable bonds is 8. The van der Waals surface area contributed by atoms with Gasteiger partial charge in [-0.05, 0) is 19.3 Å². The van der Waals surface area contributed by atoms with Gasteiger partial charge in [0.05, 0.1) is 0 Å². The minimum Gasteiger partial charge on any atom is -0.481 e. The van der Waals surface area contributed by atoms with Crippen LogP contribution in [0.25, 0.3) is 0 Å². The zero-order chi connectivity index (χ0) is 12.4. The van der Waals surface area contributed by atoms with E-state index in [1.54, 1.807) is 0 Å². The lowest BCUT2D eigenvalue weighted by molar-refractivity contribution is -0.159. The monoisotopic (exact) mass is 232 g/mol. The van der Waals surface area contributed by atoms with E-state index in [0.29, 0.717) is 12.8 Å². The quantitative estimate of drug-likeness (QED) is 0.358. The van der Waals surface area contributed by atoms with Crippen molar-refractivity contribution in [2.24, 2.45) is 0 Å². The summed E-state index contributed by atoms with van der Waals surface area (Å²) in [4.78, 5) is 32.1. The zero-order valence-corrected chi connectivity index (χ0v) is 8.98. The van der Waals surface area contributed by atoms with Gasteiger partial charge in [-0.3, -0.25) is 14.4 Å². The highest BCUT2D eigenvalue weighted by molar-refractivity contribution is 5.85. The first kappa shape index (κ1) is 14.6. The average Bonchev–Trinajstić information content (AvgIpc) is 2.17. The van der Waals surface area contributed by atoms with Crippen molar-refractivity contribution in [3.8, 4) is 0 Å². The van der Waals surface area contributed by atoms with E-state index in [2.05, 4.69) is 4.74 Å². The Kier molecular flexibility index (Phi) is 8.05. The van der Waals surface area contributed by atoms with E-state index < -0.39 is 17.9 Å². The van der Waals surface area contributed by atoms with Crippen molar-refractivity contribution >= 4 is 17.9 Å². The van der Waals surface area contributed by atoms with Gasteiger partial charge in [-0.15, -0.1) is 0 Å². The lowest BCUT2D eigenvalue weighted by Crippen LogP contribution is -2.12. The van der Waals surface area contributed by atoms with Crippen molar-refractivity contribution in [3.05, 3.63) is 0 Å². The van der Waals surface area contributed by atoms with Gasteiger partial charge in [0.1, 0.15) is 0 Å². The fourth-order valence-electron chi connectivity index (χ4n) is 0.994. The molecule has 0 aliphatic rings. The molecule has 0 spiro atoms. The molecule has 0 bridgehead atoms. The van der Waals surface area contributed by atoms with Gasteiger partial charge < -0.3 is 14.9 Å². The van der Waals surface area contributed by atoms with Crippen LogP contribution in [0.4, 0.5) is 0 Å². The van der Waals surface area contributed by atoms with Crippen LogP contribution in [0.1, 0.15) is 38.5 Å². The predicted octanol–water partition coefficient (Wildman–Crippen LogP) is 0.474. The molecule has 0 fully saturated rings. The second-order valence-electron chi connectivity index (χ2n) is 3.27. The minimum atomic E-state index is -0.984. The molecule has 0 aromatic heterocycles. The number of ether oxygens (including phenoxy) is 1. The largest absolute Gasteiger partial charge is 0.481 e. The number of carbonyl (C=O) groups excluding carboxylic acids is 2. The molecule has 6 nitrogen and oxygen atoms in total. The molecule has 92 valence electrons. The number of carboxylic acid groups (broad SMARTS) is 1. The molecule has 6 heteroatoms. The Bertz CT molecular complexity index is 248. The second kappa shape index (κ2) is 8.84. The summed E-state index contributed by atoms with van der Waals surface area (Å²) in [5.74, 6) is -2.31. The van der Waals surface area contributed by atoms with Crippen LogP contribution in [0.3, 0.4) is 0 Å². The Morgan fingerprint density at radius 1 is 0.875 bits per heavy atom. The van der Waals surface area contributed by atoms with Gasteiger partial charge in [-0.2, -0.15) is 0 Å². The molecule has 16 heavy (non-hydrogen) atoms. The number of hydrogen-bond acceptors (Lipinski definition) is 5. The third-order valence-corrected chi connectivity index (χ3v) is 1.79. The molecule has 0 aliphatic carbocycles. The van der Waals surface area contributed by atoms with Crippen LogP contribution < -0.4 is 0 Å². The molecule has 0 aromatic rings. The smallest absolute Gasteiger partial charge is 0.313 e. The van der Waals surface area contributed by atoms with E-state index in [1.807, 2.05) is 0 Å². The molecule has 0 unspecified atom stereocenters. The summed E-state index contributed by atoms with van der Waals surface area (Å²) in [6.45, 7) is -0.000161. The molecule has 0 amide bonds. The molecule has 0 rings (SSSR count). The summed E-state index contributed by atoms with van der Waals surface area (Å²) >= 11 is 0. The number of hydrogen-bond donors (Lipinski definition) is 2. The second-order valence-corrected chi connectivity index (χ2v) is 3.27. The molecule has 0 radical (unpaired) electrons. The number of carboxylic acids is 1. The van der Waals surface area contributed by atoms with E-state index >= 15 is 0 Å². The van der Waals surface area contributed by atoms with Crippen molar-refractivity contribution in [3.63, 3.8) is 0 Å². The summed E-state index contributed by atoms with van der Waals surface area (Å²) in [6.07, 6.45) is 1.02. The van der Waals surface area contributed by atoms with Gasteiger partial charge in [-0.25, -0.2) is 0 Å². The number of aliphatic hydroxyl groups is 1. The summed E-state index contributed by atoms with van der Waals surface area (Å²) in [7, 11) is 0. The summed E-state index contributed by atoms with van der Waals surface area (Å²) in [5.41, 5.74) is 0. The maximum Gasteiger partial charge on any atom is 0.313 e. The van der Waals surface area contributed by atoms with E-state index in [9.17, 15) is 14.4 Å². The normalized spacial score (nSPS) is 9.81. The number of unbranched alkanes of at least 4 members (excludes halogenated alkanes) is 1. The maximum atomic E-state index is 11.0. The minimum absolute atomic E-state index is 0.000161. The van der Waals surface area contributed by atoms with E-state index in [4.69, 9.17) is 10.2 Å². The summed E-state index contributed by atoms with van der Waals surface area (Å²) in [5, 5.41) is 16.8. The van der Waals surface area contributed by atoms with Crippen molar-refractivity contribution in [2.45, 2.75) is 38.5 Å². The fraction of sp³-hybridized carbons (Fsp3) is 0.700. The van der Waals surface area contributed by atoms with Gasteiger partial charge in [0.25, 0.3) is 0 Å². The molecular weight excluding hydrogens is 216 g/mol. The Morgan fingerprint density at radius 2 is 1.44 bits per heavy atom. The fourth-order valence-corrected chi connectivity index (χ4v) is 0.994. The first-order chi connectivity index (χ1) is 7.56. The number of esters is 2. The lowest BCUT2D eigenvalue weighted by atomic mass is 10.2. The molecular formula is C10H16O6. The van der Waals surface area contributed by atoms with Crippen molar-refractivity contribution in [1.82, 2.24) is 0 Å². The first-order valence-electron chi connectivity index (χ1n) is 5.12. The molecule has 0 atom stereocenters. The van der Waals surface area contributed by atoms with Crippen LogP contribution in [0.15, 0.2) is 0 Å². The maximum absolute atomic E-state index is 11.0. The topological polar surface area (TPSA) is 101 Å². The molecule has 0 aromatic carbocycles. The van der Waals surface area contributed by atoms with Crippen LogP contribution in [0.2, 0.25) is 0 Å². The molecule has 0 saturated heterocycles. The molecule has 0 saturated carbocycles. The SMILES string of the molecule is O=C(O)CCCC(=O)OC(=O)CCCCO. The predicted molar refractivity (Wildman–Crippen MR) is 53.5 cm³/mol. The highest BCUT2D eigenvalue weighted by atomic mass is 16.6. The molecule has 0 aliphatic heterocycles. The first-order valence-corrected chi connectivity index (χ1v) is 5.12. The molecule has 0 heterocycles. The summed E-state index contributed by atoms with van der Waals surface area (Å²) in [6, 6.07) is 0. The number of aliphatic carboxylic acids is 1. The third kappa shape index (κ3) is 9.14. The Morgan fingerprint density at radius 3 is 1.94 bits per heavy atom. The Balaban J connectivity index is 3.54. The number of aliphatic hydroxyl groups excluding tert-OH is 1. The lowest BCUT2D eigenvalue weighted by Gasteiger charge is -2.01. The van der Waals surface area contributed by atoms with Crippen molar-refractivity contribution < 1.29 is 29.3 Å². The summed E-state index contributed by atoms with van der Waals surface area (Å²) < 4.78 is 4.43. The van der Waals surface area contributed by atoms with Crippen molar-refractivity contribution in [1.29, 1.82) is 0 Å². The highest BCUT2D eigenvalue weighted by Crippen LogP contribution is 2.01. The van der Waals surface area contributed by atoms with Crippen LogP contribution in [0, 0.1) is 0 Å². The highest BCUT2D eigenvalue weighted by Gasteiger charge is 2.10. The van der Waals surface area contributed by atoms with Gasteiger partial charge in [-0.1, -0.05) is 0 Å². The Hall–Kier alpha value is -1.43. The van der Waals surface area contributed by atoms with Gasteiger partial charge in [0.15, 0.2) is 0 Å².